The molecule has 4 rings (SSSR count). The summed E-state index contributed by atoms with van der Waals surface area (Å²) in [5.41, 5.74) is 2.23. The van der Waals surface area contributed by atoms with E-state index in [9.17, 15) is 18.0 Å². The normalized spacial score (nSPS) is 11.7. The topological polar surface area (TPSA) is 86.1 Å². The Morgan fingerprint density at radius 1 is 1.09 bits per heavy atom. The minimum atomic E-state index is -3.75. The van der Waals surface area contributed by atoms with Gasteiger partial charge in [-0.3, -0.25) is 14.2 Å². The lowest BCUT2D eigenvalue weighted by Gasteiger charge is -2.10. The third-order valence-corrected chi connectivity index (χ3v) is 8.58. The Morgan fingerprint density at radius 3 is 2.56 bits per heavy atom. The average Bonchev–Trinajstić information content (AvgIpc) is 3.16. The molecule has 0 aliphatic carbocycles. The standard InChI is InChI=1S/C22H16Cl2N2O4S2/c1-13-2-4-18-16(8-13)22(28)26(12-25-18)19-5-3-14(10-17(19)23)9-15(27)11-32(29,30)21-7-6-20(24)31-21/h2-8,10,12H,9,11H2,1H3. The SMILES string of the molecule is Cc1ccc2ncn(-c3ccc(CC(=O)CS(=O)(=O)c4ccc(Cl)s4)cc3Cl)c(=O)c2c1. The third kappa shape index (κ3) is 4.63. The van der Waals surface area contributed by atoms with E-state index in [2.05, 4.69) is 4.98 Å². The highest BCUT2D eigenvalue weighted by Gasteiger charge is 2.21. The van der Waals surface area contributed by atoms with Crippen LogP contribution in [0.15, 0.2) is 63.9 Å². The molecule has 2 aromatic heterocycles. The van der Waals surface area contributed by atoms with E-state index in [1.165, 1.54) is 23.0 Å². The van der Waals surface area contributed by atoms with Crippen LogP contribution < -0.4 is 5.56 Å². The number of hydrogen-bond donors (Lipinski definition) is 0. The summed E-state index contributed by atoms with van der Waals surface area (Å²) >= 11 is 13.1. The maximum absolute atomic E-state index is 12.9. The third-order valence-electron chi connectivity index (χ3n) is 4.79. The molecule has 2 aromatic carbocycles. The molecule has 10 heteroatoms. The molecule has 0 fully saturated rings. The summed E-state index contributed by atoms with van der Waals surface area (Å²) in [5, 5.41) is 0.723. The maximum atomic E-state index is 12.9. The van der Waals surface area contributed by atoms with Crippen molar-refractivity contribution in [2.45, 2.75) is 17.6 Å². The second kappa shape index (κ2) is 8.78. The molecule has 0 saturated heterocycles. The van der Waals surface area contributed by atoms with E-state index in [1.807, 2.05) is 13.0 Å². The fourth-order valence-electron chi connectivity index (χ4n) is 3.29. The van der Waals surface area contributed by atoms with Gasteiger partial charge in [-0.1, -0.05) is 40.9 Å². The quantitative estimate of drug-likeness (QED) is 0.379. The highest BCUT2D eigenvalue weighted by molar-refractivity contribution is 7.94. The van der Waals surface area contributed by atoms with Crippen LogP contribution in [-0.2, 0) is 21.1 Å². The number of carbonyl (C=O) groups excluding carboxylic acids is 1. The number of rotatable bonds is 6. The van der Waals surface area contributed by atoms with Gasteiger partial charge in [0.25, 0.3) is 5.56 Å². The van der Waals surface area contributed by atoms with Crippen molar-refractivity contribution >= 4 is 61.1 Å². The first kappa shape index (κ1) is 22.7. The lowest BCUT2D eigenvalue weighted by Crippen LogP contribution is -2.20. The van der Waals surface area contributed by atoms with Gasteiger partial charge in [0.2, 0.25) is 0 Å². The Balaban J connectivity index is 1.58. The Hall–Kier alpha value is -2.52. The van der Waals surface area contributed by atoms with Crippen molar-refractivity contribution in [3.05, 3.63) is 85.7 Å². The molecule has 0 atom stereocenters. The van der Waals surface area contributed by atoms with Gasteiger partial charge in [0.05, 0.1) is 25.9 Å². The molecule has 32 heavy (non-hydrogen) atoms. The van der Waals surface area contributed by atoms with Gasteiger partial charge < -0.3 is 0 Å². The van der Waals surface area contributed by atoms with E-state index in [1.54, 1.807) is 30.3 Å². The van der Waals surface area contributed by atoms with Crippen molar-refractivity contribution in [2.75, 3.05) is 5.75 Å². The highest BCUT2D eigenvalue weighted by Crippen LogP contribution is 2.27. The van der Waals surface area contributed by atoms with Gasteiger partial charge in [-0.25, -0.2) is 13.4 Å². The molecule has 0 amide bonds. The van der Waals surface area contributed by atoms with E-state index >= 15 is 0 Å². The molecule has 0 N–H and O–H groups in total. The van der Waals surface area contributed by atoms with E-state index in [4.69, 9.17) is 23.2 Å². The van der Waals surface area contributed by atoms with Gasteiger partial charge >= 0.3 is 0 Å². The molecule has 0 unspecified atom stereocenters. The predicted molar refractivity (Wildman–Crippen MR) is 127 cm³/mol. The molecule has 0 saturated carbocycles. The summed E-state index contributed by atoms with van der Waals surface area (Å²) in [6, 6.07) is 13.1. The van der Waals surface area contributed by atoms with Crippen LogP contribution in [0.5, 0.6) is 0 Å². The lowest BCUT2D eigenvalue weighted by atomic mass is 10.1. The molecule has 164 valence electrons. The fraction of sp³-hybridized carbons (Fsp3) is 0.136. The van der Waals surface area contributed by atoms with Crippen LogP contribution in [0.3, 0.4) is 0 Å². The first-order chi connectivity index (χ1) is 15.1. The van der Waals surface area contributed by atoms with Crippen LogP contribution in [0, 0.1) is 6.92 Å². The first-order valence-electron chi connectivity index (χ1n) is 9.41. The number of sulfone groups is 1. The highest BCUT2D eigenvalue weighted by atomic mass is 35.5. The van der Waals surface area contributed by atoms with Crippen molar-refractivity contribution in [2.24, 2.45) is 0 Å². The Kier molecular flexibility index (Phi) is 6.22. The number of fused-ring (bicyclic) bond motifs is 1. The summed E-state index contributed by atoms with van der Waals surface area (Å²) in [7, 11) is -3.75. The predicted octanol–water partition coefficient (Wildman–Crippen LogP) is 4.65. The summed E-state index contributed by atoms with van der Waals surface area (Å²) in [5.74, 6) is -1.10. The molecule has 0 radical (unpaired) electrons. The number of thiophene rings is 1. The van der Waals surface area contributed by atoms with Crippen molar-refractivity contribution in [3.63, 3.8) is 0 Å². The smallest absolute Gasteiger partial charge is 0.265 e. The first-order valence-corrected chi connectivity index (χ1v) is 12.6. The summed E-state index contributed by atoms with van der Waals surface area (Å²) in [6.07, 6.45) is 1.30. The van der Waals surface area contributed by atoms with Gasteiger partial charge in [0.1, 0.15) is 16.3 Å². The fourth-order valence-corrected chi connectivity index (χ4v) is 6.40. The number of nitrogens with zero attached hydrogens (tertiary/aromatic N) is 2. The maximum Gasteiger partial charge on any atom is 0.265 e. The summed E-state index contributed by atoms with van der Waals surface area (Å²) in [6.45, 7) is 1.89. The van der Waals surface area contributed by atoms with Gasteiger partial charge in [-0.05, 0) is 48.9 Å². The Labute approximate surface area is 198 Å². The molecule has 0 spiro atoms. The van der Waals surface area contributed by atoms with Crippen LogP contribution >= 0.6 is 34.5 Å². The van der Waals surface area contributed by atoms with Crippen molar-refractivity contribution < 1.29 is 13.2 Å². The molecular formula is C22H16Cl2N2O4S2. The molecule has 0 bridgehead atoms. The summed E-state index contributed by atoms with van der Waals surface area (Å²) < 4.78 is 26.5. The monoisotopic (exact) mass is 506 g/mol. The van der Waals surface area contributed by atoms with E-state index in [0.29, 0.717) is 26.5 Å². The van der Waals surface area contributed by atoms with E-state index in [0.717, 1.165) is 16.9 Å². The van der Waals surface area contributed by atoms with Crippen molar-refractivity contribution in [1.29, 1.82) is 0 Å². The van der Waals surface area contributed by atoms with Gasteiger partial charge in [0, 0.05) is 6.42 Å². The zero-order chi connectivity index (χ0) is 23.0. The average molecular weight is 507 g/mol. The van der Waals surface area contributed by atoms with Crippen LogP contribution in [0.25, 0.3) is 16.6 Å². The van der Waals surface area contributed by atoms with Gasteiger partial charge in [-0.15, -0.1) is 11.3 Å². The minimum Gasteiger partial charge on any atom is -0.298 e. The number of halogens is 2. The molecule has 2 heterocycles. The zero-order valence-electron chi connectivity index (χ0n) is 16.7. The van der Waals surface area contributed by atoms with Crippen molar-refractivity contribution in [1.82, 2.24) is 9.55 Å². The molecule has 4 aromatic rings. The number of benzene rings is 2. The number of Topliss-reactive ketones (excluding diaryl/α,β-unsaturated/α-hetero) is 1. The molecular weight excluding hydrogens is 491 g/mol. The van der Waals surface area contributed by atoms with Crippen LogP contribution in [0.4, 0.5) is 0 Å². The second-order valence-corrected chi connectivity index (χ2v) is 11.6. The zero-order valence-corrected chi connectivity index (χ0v) is 19.9. The minimum absolute atomic E-state index is 0.0580. The van der Waals surface area contributed by atoms with Gasteiger partial charge in [0.15, 0.2) is 15.6 Å². The van der Waals surface area contributed by atoms with Crippen LogP contribution in [0.1, 0.15) is 11.1 Å². The second-order valence-electron chi connectivity index (χ2n) is 7.26. The van der Waals surface area contributed by atoms with Crippen LogP contribution in [-0.4, -0.2) is 29.5 Å². The number of aromatic nitrogens is 2. The van der Waals surface area contributed by atoms with E-state index in [-0.39, 0.29) is 21.2 Å². The Morgan fingerprint density at radius 2 is 1.88 bits per heavy atom. The van der Waals surface area contributed by atoms with Gasteiger partial charge in [-0.2, -0.15) is 0 Å². The largest absolute Gasteiger partial charge is 0.298 e. The molecule has 0 aliphatic rings. The number of hydrogen-bond acceptors (Lipinski definition) is 6. The van der Waals surface area contributed by atoms with Crippen molar-refractivity contribution in [3.8, 4) is 5.69 Å². The summed E-state index contributed by atoms with van der Waals surface area (Å²) in [4.78, 5) is 29.6. The number of carbonyl (C=O) groups is 1. The molecule has 0 aliphatic heterocycles. The molecule has 6 nitrogen and oxygen atoms in total. The number of ketones is 1. The lowest BCUT2D eigenvalue weighted by molar-refractivity contribution is -0.116. The van der Waals surface area contributed by atoms with Crippen LogP contribution in [0.2, 0.25) is 9.36 Å². The number of aryl methyl sites for hydroxylation is 1. The van der Waals surface area contributed by atoms with E-state index < -0.39 is 21.4 Å². The Bertz CT molecular complexity index is 1520.